The van der Waals surface area contributed by atoms with E-state index in [2.05, 4.69) is 5.32 Å². The Bertz CT molecular complexity index is 930. The molecular weight excluding hydrogens is 431 g/mol. The average molecular weight is 463 g/mol. The molecule has 0 spiro atoms. The summed E-state index contributed by atoms with van der Waals surface area (Å²) in [5, 5.41) is 4.03. The largest absolute Gasteiger partial charge is 0.352 e. The number of hydrogen-bond donors (Lipinski definition) is 1. The molecule has 2 aromatic rings. The number of aryl methyl sites for hydroxylation is 2. The monoisotopic (exact) mass is 462 g/mol. The third-order valence-corrected chi connectivity index (χ3v) is 6.18. The van der Waals surface area contributed by atoms with Crippen molar-refractivity contribution in [3.8, 4) is 0 Å². The summed E-state index contributed by atoms with van der Waals surface area (Å²) in [5.74, 6) is -0.248. The number of halogens is 2. The molecule has 0 aliphatic heterocycles. The molecule has 4 nitrogen and oxygen atoms in total. The molecule has 0 aromatic heterocycles. The SMILES string of the molecule is CC[C@H](C(=O)N[C@@H](C)CC)N(Cc1ccc(Cl)cc1Cl)C(=O)Cc1cc(C)ccc1C. The van der Waals surface area contributed by atoms with Crippen LogP contribution in [0.2, 0.25) is 10.0 Å². The molecule has 31 heavy (non-hydrogen) atoms. The minimum Gasteiger partial charge on any atom is -0.352 e. The van der Waals surface area contributed by atoms with Crippen molar-refractivity contribution in [1.82, 2.24) is 10.2 Å². The Kier molecular flexibility index (Phi) is 9.39. The van der Waals surface area contributed by atoms with Gasteiger partial charge in [0.05, 0.1) is 6.42 Å². The molecular formula is C25H32Cl2N2O2. The van der Waals surface area contributed by atoms with Gasteiger partial charge in [0.1, 0.15) is 6.04 Å². The zero-order valence-corrected chi connectivity index (χ0v) is 20.5. The third kappa shape index (κ3) is 6.98. The van der Waals surface area contributed by atoms with Gasteiger partial charge in [-0.25, -0.2) is 0 Å². The van der Waals surface area contributed by atoms with Crippen molar-refractivity contribution in [2.45, 2.75) is 72.5 Å². The van der Waals surface area contributed by atoms with Gasteiger partial charge in [-0.3, -0.25) is 9.59 Å². The first-order chi connectivity index (χ1) is 14.7. The second-order valence-corrected chi connectivity index (χ2v) is 8.95. The lowest BCUT2D eigenvalue weighted by atomic mass is 10.0. The number of nitrogens with zero attached hydrogens (tertiary/aromatic N) is 1. The van der Waals surface area contributed by atoms with Crippen LogP contribution in [0.15, 0.2) is 36.4 Å². The first kappa shape index (κ1) is 25.2. The summed E-state index contributed by atoms with van der Waals surface area (Å²) < 4.78 is 0. The lowest BCUT2D eigenvalue weighted by Crippen LogP contribution is -2.51. The Balaban J connectivity index is 2.38. The summed E-state index contributed by atoms with van der Waals surface area (Å²) in [6, 6.07) is 10.7. The minimum atomic E-state index is -0.585. The van der Waals surface area contributed by atoms with Crippen molar-refractivity contribution in [3.05, 3.63) is 68.7 Å². The van der Waals surface area contributed by atoms with E-state index in [0.717, 1.165) is 28.7 Å². The fraction of sp³-hybridized carbons (Fsp3) is 0.440. The highest BCUT2D eigenvalue weighted by Gasteiger charge is 2.30. The maximum atomic E-state index is 13.5. The van der Waals surface area contributed by atoms with Crippen molar-refractivity contribution in [3.63, 3.8) is 0 Å². The van der Waals surface area contributed by atoms with Crippen molar-refractivity contribution in [2.75, 3.05) is 0 Å². The van der Waals surface area contributed by atoms with Crippen LogP contribution in [0.4, 0.5) is 0 Å². The lowest BCUT2D eigenvalue weighted by molar-refractivity contribution is -0.141. The molecule has 2 rings (SSSR count). The van der Waals surface area contributed by atoms with Crippen molar-refractivity contribution < 1.29 is 9.59 Å². The van der Waals surface area contributed by atoms with Gasteiger partial charge in [-0.05, 0) is 62.4 Å². The number of amides is 2. The van der Waals surface area contributed by atoms with E-state index >= 15 is 0 Å². The maximum Gasteiger partial charge on any atom is 0.243 e. The molecule has 2 atom stereocenters. The number of carbonyl (C=O) groups excluding carboxylic acids is 2. The molecule has 0 unspecified atom stereocenters. The summed E-state index contributed by atoms with van der Waals surface area (Å²) in [5.41, 5.74) is 3.88. The van der Waals surface area contributed by atoms with E-state index in [0.29, 0.717) is 16.5 Å². The Morgan fingerprint density at radius 3 is 2.32 bits per heavy atom. The van der Waals surface area contributed by atoms with Crippen LogP contribution in [0.5, 0.6) is 0 Å². The second-order valence-electron chi connectivity index (χ2n) is 8.11. The van der Waals surface area contributed by atoms with E-state index in [1.165, 1.54) is 0 Å². The summed E-state index contributed by atoms with van der Waals surface area (Å²) in [7, 11) is 0. The highest BCUT2D eigenvalue weighted by molar-refractivity contribution is 6.35. The van der Waals surface area contributed by atoms with E-state index < -0.39 is 6.04 Å². The Morgan fingerprint density at radius 1 is 1.00 bits per heavy atom. The van der Waals surface area contributed by atoms with Crippen LogP contribution >= 0.6 is 23.2 Å². The predicted octanol–water partition coefficient (Wildman–Crippen LogP) is 5.87. The molecule has 0 aliphatic carbocycles. The van der Waals surface area contributed by atoms with Gasteiger partial charge in [0.2, 0.25) is 11.8 Å². The number of benzene rings is 2. The van der Waals surface area contributed by atoms with Crippen LogP contribution < -0.4 is 5.32 Å². The Morgan fingerprint density at radius 2 is 1.71 bits per heavy atom. The van der Waals surface area contributed by atoms with Crippen molar-refractivity contribution >= 4 is 35.0 Å². The van der Waals surface area contributed by atoms with E-state index in [1.54, 1.807) is 17.0 Å². The first-order valence-electron chi connectivity index (χ1n) is 10.8. The number of hydrogen-bond acceptors (Lipinski definition) is 2. The molecule has 0 bridgehead atoms. The smallest absolute Gasteiger partial charge is 0.243 e. The number of nitrogens with one attached hydrogen (secondary N) is 1. The van der Waals surface area contributed by atoms with Gasteiger partial charge in [-0.1, -0.05) is 66.9 Å². The summed E-state index contributed by atoms with van der Waals surface area (Å²) >= 11 is 12.4. The minimum absolute atomic E-state index is 0.0386. The molecule has 1 N–H and O–H groups in total. The predicted molar refractivity (Wildman–Crippen MR) is 129 cm³/mol. The summed E-state index contributed by atoms with van der Waals surface area (Å²) in [4.78, 5) is 28.2. The molecule has 2 amide bonds. The van der Waals surface area contributed by atoms with Crippen LogP contribution in [0, 0.1) is 13.8 Å². The van der Waals surface area contributed by atoms with Crippen LogP contribution in [0.3, 0.4) is 0 Å². The number of carbonyl (C=O) groups is 2. The fourth-order valence-corrected chi connectivity index (χ4v) is 3.92. The van der Waals surface area contributed by atoms with E-state index in [1.807, 2.05) is 58.9 Å². The normalized spacial score (nSPS) is 12.9. The number of rotatable bonds is 9. The quantitative estimate of drug-likeness (QED) is 0.505. The molecule has 0 saturated carbocycles. The molecule has 0 saturated heterocycles. The standard InChI is InChI=1S/C25H32Cl2N2O2/c1-6-18(5)28-25(31)23(7-2)29(15-19-10-11-21(26)14-22(19)27)24(30)13-20-12-16(3)8-9-17(20)4/h8-12,14,18,23H,6-7,13,15H2,1-5H3,(H,28,31)/t18-,23+/m0/s1. The summed E-state index contributed by atoms with van der Waals surface area (Å²) in [6.07, 6.45) is 1.56. The van der Waals surface area contributed by atoms with E-state index in [9.17, 15) is 9.59 Å². The summed E-state index contributed by atoms with van der Waals surface area (Å²) in [6.45, 7) is 10.1. The van der Waals surface area contributed by atoms with Gasteiger partial charge in [-0.2, -0.15) is 0 Å². The molecule has 0 fully saturated rings. The fourth-order valence-electron chi connectivity index (χ4n) is 3.45. The topological polar surface area (TPSA) is 49.4 Å². The van der Waals surface area contributed by atoms with Crippen LogP contribution in [0.25, 0.3) is 0 Å². The maximum absolute atomic E-state index is 13.5. The Labute approximate surface area is 195 Å². The van der Waals surface area contributed by atoms with Crippen LogP contribution in [0.1, 0.15) is 55.9 Å². The van der Waals surface area contributed by atoms with Gasteiger partial charge in [0.15, 0.2) is 0 Å². The van der Waals surface area contributed by atoms with Gasteiger partial charge in [0, 0.05) is 22.6 Å². The van der Waals surface area contributed by atoms with Gasteiger partial charge in [0.25, 0.3) is 0 Å². The molecule has 0 heterocycles. The molecule has 6 heteroatoms. The molecule has 0 aliphatic rings. The van der Waals surface area contributed by atoms with Crippen LogP contribution in [-0.4, -0.2) is 28.8 Å². The first-order valence-corrected chi connectivity index (χ1v) is 11.5. The Hall–Kier alpha value is -2.04. The van der Waals surface area contributed by atoms with Gasteiger partial charge in [-0.15, -0.1) is 0 Å². The highest BCUT2D eigenvalue weighted by atomic mass is 35.5. The van der Waals surface area contributed by atoms with Crippen molar-refractivity contribution in [1.29, 1.82) is 0 Å². The van der Waals surface area contributed by atoms with Gasteiger partial charge < -0.3 is 10.2 Å². The van der Waals surface area contributed by atoms with Crippen LogP contribution in [-0.2, 0) is 22.6 Å². The van der Waals surface area contributed by atoms with E-state index in [4.69, 9.17) is 23.2 Å². The highest BCUT2D eigenvalue weighted by Crippen LogP contribution is 2.24. The van der Waals surface area contributed by atoms with Crippen molar-refractivity contribution in [2.24, 2.45) is 0 Å². The molecule has 0 radical (unpaired) electrons. The second kappa shape index (κ2) is 11.5. The third-order valence-electron chi connectivity index (χ3n) is 5.59. The molecule has 2 aromatic carbocycles. The molecule has 168 valence electrons. The zero-order chi connectivity index (χ0) is 23.1. The lowest BCUT2D eigenvalue weighted by Gasteiger charge is -2.32. The van der Waals surface area contributed by atoms with E-state index in [-0.39, 0.29) is 30.8 Å². The average Bonchev–Trinajstić information content (AvgIpc) is 2.71. The van der Waals surface area contributed by atoms with Gasteiger partial charge >= 0.3 is 0 Å². The zero-order valence-electron chi connectivity index (χ0n) is 19.0.